The Morgan fingerprint density at radius 3 is 2.16 bits per heavy atom. The summed E-state index contributed by atoms with van der Waals surface area (Å²) in [5.41, 5.74) is 8.57. The Balaban J connectivity index is 1.93. The summed E-state index contributed by atoms with van der Waals surface area (Å²) < 4.78 is 70.8. The Hall–Kier alpha value is -2.84. The Kier molecular flexibility index (Phi) is 7.02. The van der Waals surface area contributed by atoms with Crippen molar-refractivity contribution in [1.29, 1.82) is 0 Å². The molecule has 8 heteroatoms. The van der Waals surface area contributed by atoms with Crippen LogP contribution in [0.1, 0.15) is 22.3 Å². The first-order valence-corrected chi connectivity index (χ1v) is 9.97. The highest BCUT2D eigenvalue weighted by Gasteiger charge is 2.22. The summed E-state index contributed by atoms with van der Waals surface area (Å²) >= 11 is 0.668. The molecule has 0 amide bonds. The maximum absolute atomic E-state index is 14.4. The number of aryl methyl sites for hydroxylation is 1. The van der Waals surface area contributed by atoms with Gasteiger partial charge in [0.25, 0.3) is 0 Å². The standard InChI is InChI=1S/C23H19F5N2S/c1-13-3-6-17(18(24)9-13)12-30(11-15-4-7-16(8-5-15)14(2)29)31-20-10-19(25)21(26)23(28)22(20)27/h3-10H,2,11-12,29H2,1H3. The molecule has 3 aromatic carbocycles. The van der Waals surface area contributed by atoms with Gasteiger partial charge in [-0.3, -0.25) is 0 Å². The second-order valence-electron chi connectivity index (χ2n) is 7.00. The van der Waals surface area contributed by atoms with Crippen LogP contribution in [0.15, 0.2) is 60.0 Å². The van der Waals surface area contributed by atoms with Crippen LogP contribution in [-0.2, 0) is 13.1 Å². The molecule has 0 saturated heterocycles. The van der Waals surface area contributed by atoms with E-state index in [0.717, 1.165) is 16.7 Å². The molecule has 0 aliphatic heterocycles. The molecular formula is C23H19F5N2S. The molecule has 162 valence electrons. The topological polar surface area (TPSA) is 29.3 Å². The second-order valence-corrected chi connectivity index (χ2v) is 8.14. The molecular weight excluding hydrogens is 431 g/mol. The van der Waals surface area contributed by atoms with Crippen LogP contribution in [0.2, 0.25) is 0 Å². The van der Waals surface area contributed by atoms with Crippen LogP contribution in [0.3, 0.4) is 0 Å². The summed E-state index contributed by atoms with van der Waals surface area (Å²) in [6.45, 7) is 5.58. The van der Waals surface area contributed by atoms with Gasteiger partial charge in [-0.1, -0.05) is 43.0 Å². The number of rotatable bonds is 7. The zero-order chi connectivity index (χ0) is 22.7. The van der Waals surface area contributed by atoms with Crippen molar-refractivity contribution in [1.82, 2.24) is 4.31 Å². The lowest BCUT2D eigenvalue weighted by atomic mass is 10.1. The average molecular weight is 450 g/mol. The number of halogens is 5. The van der Waals surface area contributed by atoms with Crippen molar-refractivity contribution in [3.05, 3.63) is 106 Å². The van der Waals surface area contributed by atoms with Crippen LogP contribution in [0.5, 0.6) is 0 Å². The maximum Gasteiger partial charge on any atom is 0.198 e. The lowest BCUT2D eigenvalue weighted by Crippen LogP contribution is -2.17. The van der Waals surface area contributed by atoms with E-state index in [9.17, 15) is 22.0 Å². The first-order chi connectivity index (χ1) is 14.7. The van der Waals surface area contributed by atoms with Crippen molar-refractivity contribution >= 4 is 17.6 Å². The molecule has 0 saturated carbocycles. The van der Waals surface area contributed by atoms with Gasteiger partial charge in [0.15, 0.2) is 23.3 Å². The van der Waals surface area contributed by atoms with Crippen molar-refractivity contribution in [2.24, 2.45) is 5.73 Å². The molecule has 0 aromatic heterocycles. The van der Waals surface area contributed by atoms with Gasteiger partial charge in [0.1, 0.15) is 5.82 Å². The molecule has 0 spiro atoms. The van der Waals surface area contributed by atoms with Crippen molar-refractivity contribution in [3.8, 4) is 0 Å². The third-order valence-corrected chi connectivity index (χ3v) is 5.55. The van der Waals surface area contributed by atoms with Gasteiger partial charge in [-0.2, -0.15) is 0 Å². The molecule has 0 radical (unpaired) electrons. The van der Waals surface area contributed by atoms with Gasteiger partial charge in [-0.05, 0) is 47.7 Å². The van der Waals surface area contributed by atoms with Crippen LogP contribution < -0.4 is 5.73 Å². The van der Waals surface area contributed by atoms with E-state index >= 15 is 0 Å². The average Bonchev–Trinajstić information content (AvgIpc) is 2.72. The molecule has 0 heterocycles. The van der Waals surface area contributed by atoms with Crippen LogP contribution in [0, 0.1) is 36.0 Å². The fraction of sp³-hybridized carbons (Fsp3) is 0.130. The minimum absolute atomic E-state index is 0.00217. The quantitative estimate of drug-likeness (QED) is 0.197. The van der Waals surface area contributed by atoms with Crippen LogP contribution in [0.25, 0.3) is 5.70 Å². The number of nitrogens with zero attached hydrogens (tertiary/aromatic N) is 1. The van der Waals surface area contributed by atoms with E-state index in [2.05, 4.69) is 6.58 Å². The van der Waals surface area contributed by atoms with E-state index in [0.29, 0.717) is 29.3 Å². The molecule has 2 nitrogen and oxygen atoms in total. The first kappa shape index (κ1) is 22.8. The summed E-state index contributed by atoms with van der Waals surface area (Å²) in [5.74, 6) is -7.25. The fourth-order valence-electron chi connectivity index (χ4n) is 2.88. The predicted molar refractivity (Wildman–Crippen MR) is 112 cm³/mol. The highest BCUT2D eigenvalue weighted by atomic mass is 32.2. The predicted octanol–water partition coefficient (Wildman–Crippen LogP) is 6.33. The molecule has 2 N–H and O–H groups in total. The molecule has 3 aromatic rings. The number of hydrogen-bond donors (Lipinski definition) is 1. The SMILES string of the molecule is C=C(N)c1ccc(CN(Cc2ccc(C)cc2F)Sc2cc(F)c(F)c(F)c2F)cc1. The van der Waals surface area contributed by atoms with Crippen LogP contribution >= 0.6 is 11.9 Å². The summed E-state index contributed by atoms with van der Waals surface area (Å²) in [4.78, 5) is -0.448. The Morgan fingerprint density at radius 1 is 0.871 bits per heavy atom. The molecule has 0 bridgehead atoms. The lowest BCUT2D eigenvalue weighted by molar-refractivity contribution is 0.395. The van der Waals surface area contributed by atoms with E-state index in [1.165, 1.54) is 10.4 Å². The maximum atomic E-state index is 14.4. The molecule has 31 heavy (non-hydrogen) atoms. The number of nitrogens with two attached hydrogens (primary N) is 1. The van der Waals surface area contributed by atoms with E-state index in [-0.39, 0.29) is 13.1 Å². The normalized spacial score (nSPS) is 11.2. The Morgan fingerprint density at radius 2 is 1.55 bits per heavy atom. The molecule has 3 rings (SSSR count). The zero-order valence-electron chi connectivity index (χ0n) is 16.6. The monoisotopic (exact) mass is 450 g/mol. The largest absolute Gasteiger partial charge is 0.399 e. The lowest BCUT2D eigenvalue weighted by Gasteiger charge is -2.22. The third-order valence-electron chi connectivity index (χ3n) is 4.54. The molecule has 0 unspecified atom stereocenters. The third kappa shape index (κ3) is 5.45. The minimum Gasteiger partial charge on any atom is -0.399 e. The highest BCUT2D eigenvalue weighted by Crippen LogP contribution is 2.32. The van der Waals surface area contributed by atoms with Gasteiger partial charge in [-0.15, -0.1) is 0 Å². The summed E-state index contributed by atoms with van der Waals surface area (Å²) in [5, 5.41) is 0. The van der Waals surface area contributed by atoms with Gasteiger partial charge < -0.3 is 5.73 Å². The smallest absolute Gasteiger partial charge is 0.198 e. The molecule has 0 atom stereocenters. The van der Waals surface area contributed by atoms with Crippen molar-refractivity contribution < 1.29 is 22.0 Å². The van der Waals surface area contributed by atoms with E-state index < -0.39 is 34.0 Å². The first-order valence-electron chi connectivity index (χ1n) is 9.20. The molecule has 0 aliphatic rings. The summed E-state index contributed by atoms with van der Waals surface area (Å²) in [6.07, 6.45) is 0. The molecule has 0 aliphatic carbocycles. The minimum atomic E-state index is -1.89. The van der Waals surface area contributed by atoms with Gasteiger partial charge in [-0.25, -0.2) is 26.3 Å². The van der Waals surface area contributed by atoms with Gasteiger partial charge in [0.05, 0.1) is 4.90 Å². The van der Waals surface area contributed by atoms with Crippen LogP contribution in [-0.4, -0.2) is 4.31 Å². The van der Waals surface area contributed by atoms with Gasteiger partial charge >= 0.3 is 0 Å². The van der Waals surface area contributed by atoms with Gasteiger partial charge in [0.2, 0.25) is 0 Å². The summed E-state index contributed by atoms with van der Waals surface area (Å²) in [7, 11) is 0. The van der Waals surface area contributed by atoms with E-state index in [1.807, 2.05) is 0 Å². The van der Waals surface area contributed by atoms with Crippen molar-refractivity contribution in [2.75, 3.05) is 0 Å². The Labute approximate surface area is 181 Å². The Bertz CT molecular complexity index is 1120. The van der Waals surface area contributed by atoms with Crippen LogP contribution in [0.4, 0.5) is 22.0 Å². The van der Waals surface area contributed by atoms with E-state index in [4.69, 9.17) is 5.73 Å². The fourth-order valence-corrected chi connectivity index (χ4v) is 3.90. The van der Waals surface area contributed by atoms with Crippen molar-refractivity contribution in [2.45, 2.75) is 24.9 Å². The van der Waals surface area contributed by atoms with Gasteiger partial charge in [0, 0.05) is 24.4 Å². The second kappa shape index (κ2) is 9.53. The number of hydrogen-bond acceptors (Lipinski definition) is 3. The summed E-state index contributed by atoms with van der Waals surface area (Å²) in [6, 6.07) is 12.2. The number of benzene rings is 3. The molecule has 0 fully saturated rings. The zero-order valence-corrected chi connectivity index (χ0v) is 17.4. The highest BCUT2D eigenvalue weighted by molar-refractivity contribution is 7.97. The van der Waals surface area contributed by atoms with E-state index in [1.54, 1.807) is 43.3 Å². The van der Waals surface area contributed by atoms with Crippen molar-refractivity contribution in [3.63, 3.8) is 0 Å².